The van der Waals surface area contributed by atoms with Crippen LogP contribution < -0.4 is 5.32 Å². The van der Waals surface area contributed by atoms with E-state index in [-0.39, 0.29) is 0 Å². The zero-order chi connectivity index (χ0) is 11.3. The molecule has 0 spiro atoms. The van der Waals surface area contributed by atoms with Crippen molar-refractivity contribution in [3.63, 3.8) is 0 Å². The van der Waals surface area contributed by atoms with E-state index in [1.165, 1.54) is 11.3 Å². The van der Waals surface area contributed by atoms with Crippen LogP contribution in [0.15, 0.2) is 18.9 Å². The highest BCUT2D eigenvalue weighted by molar-refractivity contribution is 5.21. The Bertz CT molecular complexity index is 315. The molecule has 1 atom stereocenters. The first-order chi connectivity index (χ1) is 7.19. The third-order valence-electron chi connectivity index (χ3n) is 2.49. The molecule has 0 aliphatic carbocycles. The lowest BCUT2D eigenvalue weighted by Gasteiger charge is -2.08. The minimum absolute atomic E-state index is 0.456. The normalized spacial score (nSPS) is 12.7. The van der Waals surface area contributed by atoms with Gasteiger partial charge in [-0.1, -0.05) is 19.9 Å². The second-order valence-corrected chi connectivity index (χ2v) is 3.92. The van der Waals surface area contributed by atoms with Crippen molar-refractivity contribution in [2.45, 2.75) is 32.7 Å². The maximum atomic E-state index is 4.51. The van der Waals surface area contributed by atoms with Crippen LogP contribution in [0.3, 0.4) is 0 Å². The van der Waals surface area contributed by atoms with E-state index in [0.717, 1.165) is 19.5 Å². The molecule has 0 saturated carbocycles. The van der Waals surface area contributed by atoms with Crippen LogP contribution in [0.2, 0.25) is 0 Å². The molecule has 84 valence electrons. The van der Waals surface area contributed by atoms with Gasteiger partial charge in [-0.05, 0) is 13.0 Å². The Labute approximate surface area is 92.2 Å². The van der Waals surface area contributed by atoms with Gasteiger partial charge in [-0.25, -0.2) is 0 Å². The number of aromatic nitrogens is 2. The molecule has 0 aliphatic heterocycles. The predicted molar refractivity (Wildman–Crippen MR) is 63.8 cm³/mol. The van der Waals surface area contributed by atoms with Crippen LogP contribution in [-0.4, -0.2) is 16.3 Å². The van der Waals surface area contributed by atoms with E-state index >= 15 is 0 Å². The van der Waals surface area contributed by atoms with Crippen molar-refractivity contribution in [1.82, 2.24) is 15.1 Å². The summed E-state index contributed by atoms with van der Waals surface area (Å²) in [6.07, 6.45) is 5.03. The maximum absolute atomic E-state index is 4.51. The van der Waals surface area contributed by atoms with Crippen LogP contribution in [0.25, 0.3) is 0 Å². The lowest BCUT2D eigenvalue weighted by atomic mass is 10.0. The quantitative estimate of drug-likeness (QED) is 0.725. The summed E-state index contributed by atoms with van der Waals surface area (Å²) in [5.74, 6) is 0.456. The average molecular weight is 207 g/mol. The van der Waals surface area contributed by atoms with E-state index in [9.17, 15) is 0 Å². The zero-order valence-electron chi connectivity index (χ0n) is 9.95. The van der Waals surface area contributed by atoms with Crippen LogP contribution in [0.5, 0.6) is 0 Å². The van der Waals surface area contributed by atoms with Gasteiger partial charge in [0.25, 0.3) is 0 Å². The fourth-order valence-electron chi connectivity index (χ4n) is 1.73. The highest BCUT2D eigenvalue weighted by atomic mass is 15.3. The molecule has 1 rings (SSSR count). The van der Waals surface area contributed by atoms with Crippen molar-refractivity contribution in [1.29, 1.82) is 0 Å². The standard InChI is InChI=1S/C12H21N3/c1-5-7-10(3)12-11(8-13-6-2)9-15(4)14-12/h5,9-10,13H,1,6-8H2,2-4H3. The van der Waals surface area contributed by atoms with Gasteiger partial charge in [0.2, 0.25) is 0 Å². The Morgan fingerprint density at radius 3 is 3.00 bits per heavy atom. The molecule has 0 fully saturated rings. The summed E-state index contributed by atoms with van der Waals surface area (Å²) in [6, 6.07) is 0. The molecule has 1 unspecified atom stereocenters. The smallest absolute Gasteiger partial charge is 0.0700 e. The molecule has 0 aliphatic rings. The Kier molecular flexibility index (Phi) is 4.56. The Hall–Kier alpha value is -1.09. The van der Waals surface area contributed by atoms with E-state index in [1.807, 2.05) is 17.8 Å². The van der Waals surface area contributed by atoms with Crippen LogP contribution in [0.4, 0.5) is 0 Å². The lowest BCUT2D eigenvalue weighted by Crippen LogP contribution is -2.13. The van der Waals surface area contributed by atoms with Crippen molar-refractivity contribution in [2.75, 3.05) is 6.54 Å². The summed E-state index contributed by atoms with van der Waals surface area (Å²) < 4.78 is 1.89. The molecule has 1 aromatic heterocycles. The minimum Gasteiger partial charge on any atom is -0.313 e. The molecule has 0 bridgehead atoms. The second kappa shape index (κ2) is 5.71. The molecule has 0 saturated heterocycles. The fourth-order valence-corrected chi connectivity index (χ4v) is 1.73. The van der Waals surface area contributed by atoms with Gasteiger partial charge < -0.3 is 5.32 Å². The first kappa shape index (κ1) is 12.0. The summed E-state index contributed by atoms with van der Waals surface area (Å²) in [5, 5.41) is 7.85. The Morgan fingerprint density at radius 1 is 1.67 bits per heavy atom. The number of hydrogen-bond donors (Lipinski definition) is 1. The van der Waals surface area contributed by atoms with Crippen LogP contribution in [-0.2, 0) is 13.6 Å². The van der Waals surface area contributed by atoms with Gasteiger partial charge in [0.05, 0.1) is 5.69 Å². The lowest BCUT2D eigenvalue weighted by molar-refractivity contribution is 0.673. The Balaban J connectivity index is 2.79. The molecule has 1 N–H and O–H groups in total. The van der Waals surface area contributed by atoms with Crippen LogP contribution in [0, 0.1) is 0 Å². The van der Waals surface area contributed by atoms with Gasteiger partial charge in [-0.2, -0.15) is 5.10 Å². The van der Waals surface area contributed by atoms with Gasteiger partial charge >= 0.3 is 0 Å². The van der Waals surface area contributed by atoms with Gasteiger partial charge in [0.1, 0.15) is 0 Å². The summed E-state index contributed by atoms with van der Waals surface area (Å²) in [5.41, 5.74) is 2.49. The fraction of sp³-hybridized carbons (Fsp3) is 0.583. The average Bonchev–Trinajstić information content (AvgIpc) is 2.57. The minimum atomic E-state index is 0.456. The second-order valence-electron chi connectivity index (χ2n) is 3.92. The molecule has 1 heterocycles. The molecule has 1 aromatic rings. The maximum Gasteiger partial charge on any atom is 0.0700 e. The third-order valence-corrected chi connectivity index (χ3v) is 2.49. The van der Waals surface area contributed by atoms with Gasteiger partial charge in [-0.3, -0.25) is 4.68 Å². The first-order valence-corrected chi connectivity index (χ1v) is 5.53. The van der Waals surface area contributed by atoms with Gasteiger partial charge in [0.15, 0.2) is 0 Å². The highest BCUT2D eigenvalue weighted by Gasteiger charge is 2.13. The summed E-state index contributed by atoms with van der Waals surface area (Å²) in [6.45, 7) is 9.98. The van der Waals surface area contributed by atoms with Crippen molar-refractivity contribution in [3.8, 4) is 0 Å². The highest BCUT2D eigenvalue weighted by Crippen LogP contribution is 2.21. The van der Waals surface area contributed by atoms with E-state index in [2.05, 4.69) is 37.0 Å². The molecule has 0 aromatic carbocycles. The molecule has 0 radical (unpaired) electrons. The summed E-state index contributed by atoms with van der Waals surface area (Å²) in [4.78, 5) is 0. The summed E-state index contributed by atoms with van der Waals surface area (Å²) in [7, 11) is 1.97. The molecule has 3 heteroatoms. The van der Waals surface area contributed by atoms with Crippen molar-refractivity contribution >= 4 is 0 Å². The summed E-state index contributed by atoms with van der Waals surface area (Å²) >= 11 is 0. The van der Waals surface area contributed by atoms with Gasteiger partial charge in [-0.15, -0.1) is 6.58 Å². The number of allylic oxidation sites excluding steroid dienone is 1. The van der Waals surface area contributed by atoms with Crippen molar-refractivity contribution in [3.05, 3.63) is 30.1 Å². The zero-order valence-corrected chi connectivity index (χ0v) is 9.95. The molecule has 3 nitrogen and oxygen atoms in total. The number of aryl methyl sites for hydroxylation is 1. The number of rotatable bonds is 6. The largest absolute Gasteiger partial charge is 0.313 e. The van der Waals surface area contributed by atoms with E-state index in [4.69, 9.17) is 0 Å². The topological polar surface area (TPSA) is 29.9 Å². The predicted octanol–water partition coefficient (Wildman–Crippen LogP) is 2.21. The van der Waals surface area contributed by atoms with E-state index < -0.39 is 0 Å². The molecule has 0 amide bonds. The number of nitrogens with one attached hydrogen (secondary N) is 1. The number of nitrogens with zero attached hydrogens (tertiary/aromatic N) is 2. The molecular formula is C12H21N3. The van der Waals surface area contributed by atoms with Gasteiger partial charge in [0, 0.05) is 31.3 Å². The van der Waals surface area contributed by atoms with Crippen LogP contribution >= 0.6 is 0 Å². The third kappa shape index (κ3) is 3.20. The van der Waals surface area contributed by atoms with Crippen LogP contribution in [0.1, 0.15) is 37.4 Å². The molecular weight excluding hydrogens is 186 g/mol. The Morgan fingerprint density at radius 2 is 2.40 bits per heavy atom. The first-order valence-electron chi connectivity index (χ1n) is 5.53. The number of hydrogen-bond acceptors (Lipinski definition) is 2. The molecule has 15 heavy (non-hydrogen) atoms. The monoisotopic (exact) mass is 207 g/mol. The van der Waals surface area contributed by atoms with Crippen molar-refractivity contribution < 1.29 is 0 Å². The van der Waals surface area contributed by atoms with E-state index in [1.54, 1.807) is 0 Å². The van der Waals surface area contributed by atoms with Crippen molar-refractivity contribution in [2.24, 2.45) is 7.05 Å². The van der Waals surface area contributed by atoms with E-state index in [0.29, 0.717) is 5.92 Å². The SMILES string of the molecule is C=CCC(C)c1nn(C)cc1CNCC.